The van der Waals surface area contributed by atoms with Crippen LogP contribution in [0.15, 0.2) is 91.0 Å². The molecule has 0 fully saturated rings. The maximum Gasteiger partial charge on any atom is 0.0452 e. The quantitative estimate of drug-likeness (QED) is 0.339. The van der Waals surface area contributed by atoms with Crippen molar-refractivity contribution in [3.8, 4) is 22.3 Å². The van der Waals surface area contributed by atoms with Gasteiger partial charge in [0.25, 0.3) is 0 Å². The van der Waals surface area contributed by atoms with Crippen molar-refractivity contribution < 1.29 is 0 Å². The minimum Gasteiger partial charge on any atom is -0.344 e. The standard InChI is InChI=1S/C29H27N/c1-20-17-28-26(19-24(20)22-13-9-6-10-14-22)29(2,3)25-18-23(15-16-27(25)30(28)4)21-11-7-5-8-12-21/h5-19H,1-4H3. The van der Waals surface area contributed by atoms with E-state index in [-0.39, 0.29) is 5.41 Å². The normalized spacial score (nSPS) is 14.2. The van der Waals surface area contributed by atoms with Crippen molar-refractivity contribution in [2.75, 3.05) is 11.9 Å². The van der Waals surface area contributed by atoms with E-state index in [1.807, 2.05) is 0 Å². The minimum absolute atomic E-state index is 0.0841. The van der Waals surface area contributed by atoms with E-state index >= 15 is 0 Å². The lowest BCUT2D eigenvalue weighted by atomic mass is 9.72. The van der Waals surface area contributed by atoms with Crippen LogP contribution in [0.5, 0.6) is 0 Å². The van der Waals surface area contributed by atoms with Crippen molar-refractivity contribution in [3.05, 3.63) is 108 Å². The number of anilines is 2. The summed E-state index contributed by atoms with van der Waals surface area (Å²) in [6.45, 7) is 6.94. The van der Waals surface area contributed by atoms with Gasteiger partial charge in [-0.15, -0.1) is 0 Å². The number of nitrogens with zero attached hydrogens (tertiary/aromatic N) is 1. The second-order valence-electron chi connectivity index (χ2n) is 8.83. The molecule has 0 aliphatic carbocycles. The lowest BCUT2D eigenvalue weighted by molar-refractivity contribution is 0.630. The maximum atomic E-state index is 2.41. The van der Waals surface area contributed by atoms with Crippen LogP contribution in [0.25, 0.3) is 22.3 Å². The third kappa shape index (κ3) is 2.85. The molecule has 4 aromatic carbocycles. The zero-order valence-electron chi connectivity index (χ0n) is 18.1. The Morgan fingerprint density at radius 1 is 0.600 bits per heavy atom. The van der Waals surface area contributed by atoms with Gasteiger partial charge in [-0.1, -0.05) is 80.6 Å². The number of fused-ring (bicyclic) bond motifs is 2. The van der Waals surface area contributed by atoms with Gasteiger partial charge in [0.2, 0.25) is 0 Å². The molecule has 0 saturated heterocycles. The Hall–Kier alpha value is -3.32. The van der Waals surface area contributed by atoms with Gasteiger partial charge in [0.05, 0.1) is 0 Å². The van der Waals surface area contributed by atoms with Gasteiger partial charge in [0.1, 0.15) is 0 Å². The molecule has 0 unspecified atom stereocenters. The molecule has 0 spiro atoms. The summed E-state index contributed by atoms with van der Waals surface area (Å²) in [4.78, 5) is 2.35. The Bertz CT molecular complexity index is 1220. The number of benzene rings is 4. The third-order valence-corrected chi connectivity index (χ3v) is 6.60. The van der Waals surface area contributed by atoms with E-state index in [9.17, 15) is 0 Å². The fourth-order valence-corrected chi connectivity index (χ4v) is 4.81. The molecule has 0 radical (unpaired) electrons. The molecule has 1 nitrogen and oxygen atoms in total. The summed E-state index contributed by atoms with van der Waals surface area (Å²) < 4.78 is 0. The highest BCUT2D eigenvalue weighted by atomic mass is 15.1. The van der Waals surface area contributed by atoms with Crippen molar-refractivity contribution in [2.45, 2.75) is 26.2 Å². The van der Waals surface area contributed by atoms with Crippen LogP contribution in [0.1, 0.15) is 30.5 Å². The molecule has 1 heterocycles. The monoisotopic (exact) mass is 389 g/mol. The molecule has 30 heavy (non-hydrogen) atoms. The average molecular weight is 390 g/mol. The molecule has 0 N–H and O–H groups in total. The van der Waals surface area contributed by atoms with Crippen LogP contribution in [0, 0.1) is 6.92 Å². The molecule has 1 heteroatoms. The number of rotatable bonds is 2. The van der Waals surface area contributed by atoms with Crippen LogP contribution in [0.3, 0.4) is 0 Å². The van der Waals surface area contributed by atoms with E-state index in [0.29, 0.717) is 0 Å². The second kappa shape index (κ2) is 6.88. The van der Waals surface area contributed by atoms with E-state index < -0.39 is 0 Å². The summed E-state index contributed by atoms with van der Waals surface area (Å²) in [7, 11) is 2.19. The van der Waals surface area contributed by atoms with Crippen molar-refractivity contribution in [1.82, 2.24) is 0 Å². The fourth-order valence-electron chi connectivity index (χ4n) is 4.81. The first-order chi connectivity index (χ1) is 14.5. The van der Waals surface area contributed by atoms with Gasteiger partial charge in [0, 0.05) is 23.8 Å². The molecule has 5 rings (SSSR count). The highest BCUT2D eigenvalue weighted by Crippen LogP contribution is 2.50. The van der Waals surface area contributed by atoms with Gasteiger partial charge in [-0.25, -0.2) is 0 Å². The first-order valence-corrected chi connectivity index (χ1v) is 10.6. The van der Waals surface area contributed by atoms with Crippen molar-refractivity contribution in [2.24, 2.45) is 0 Å². The van der Waals surface area contributed by atoms with E-state index in [0.717, 1.165) is 0 Å². The maximum absolute atomic E-state index is 2.41. The highest BCUT2D eigenvalue weighted by molar-refractivity contribution is 5.84. The molecule has 4 aromatic rings. The smallest absolute Gasteiger partial charge is 0.0452 e. The molecule has 1 aliphatic rings. The second-order valence-corrected chi connectivity index (χ2v) is 8.83. The Morgan fingerprint density at radius 2 is 1.20 bits per heavy atom. The van der Waals surface area contributed by atoms with E-state index in [1.54, 1.807) is 0 Å². The third-order valence-electron chi connectivity index (χ3n) is 6.60. The van der Waals surface area contributed by atoms with Gasteiger partial charge >= 0.3 is 0 Å². The van der Waals surface area contributed by atoms with Gasteiger partial charge in [-0.05, 0) is 70.1 Å². The Kier molecular flexibility index (Phi) is 4.29. The first-order valence-electron chi connectivity index (χ1n) is 10.6. The van der Waals surface area contributed by atoms with Gasteiger partial charge < -0.3 is 4.90 Å². The Labute approximate surface area is 179 Å². The van der Waals surface area contributed by atoms with E-state index in [2.05, 4.69) is 124 Å². The minimum atomic E-state index is -0.0841. The van der Waals surface area contributed by atoms with Crippen LogP contribution >= 0.6 is 0 Å². The molecule has 0 amide bonds. The van der Waals surface area contributed by atoms with Crippen LogP contribution in [0.4, 0.5) is 11.4 Å². The molecular weight excluding hydrogens is 362 g/mol. The van der Waals surface area contributed by atoms with Crippen molar-refractivity contribution in [3.63, 3.8) is 0 Å². The van der Waals surface area contributed by atoms with Gasteiger partial charge in [-0.2, -0.15) is 0 Å². The number of hydrogen-bond donors (Lipinski definition) is 0. The molecular formula is C29H27N. The molecule has 0 aromatic heterocycles. The van der Waals surface area contributed by atoms with Gasteiger partial charge in [0.15, 0.2) is 0 Å². The molecule has 1 aliphatic heterocycles. The topological polar surface area (TPSA) is 3.24 Å². The summed E-state index contributed by atoms with van der Waals surface area (Å²) >= 11 is 0. The molecule has 0 atom stereocenters. The van der Waals surface area contributed by atoms with Gasteiger partial charge in [-0.3, -0.25) is 0 Å². The highest BCUT2D eigenvalue weighted by Gasteiger charge is 2.36. The van der Waals surface area contributed by atoms with Crippen LogP contribution in [-0.2, 0) is 5.41 Å². The van der Waals surface area contributed by atoms with Crippen LogP contribution < -0.4 is 4.90 Å². The fraction of sp³-hybridized carbons (Fsp3) is 0.172. The van der Waals surface area contributed by atoms with E-state index in [1.165, 1.54) is 50.3 Å². The Balaban J connectivity index is 1.70. The zero-order chi connectivity index (χ0) is 20.9. The average Bonchev–Trinajstić information content (AvgIpc) is 2.78. The van der Waals surface area contributed by atoms with Crippen LogP contribution in [-0.4, -0.2) is 7.05 Å². The lowest BCUT2D eigenvalue weighted by Gasteiger charge is -2.41. The SMILES string of the molecule is Cc1cc2c(cc1-c1ccccc1)C(C)(C)c1cc(-c3ccccc3)ccc1N2C. The predicted molar refractivity (Wildman–Crippen MR) is 129 cm³/mol. The summed E-state index contributed by atoms with van der Waals surface area (Å²) in [6, 6.07) is 33.1. The van der Waals surface area contributed by atoms with Crippen LogP contribution in [0.2, 0.25) is 0 Å². The van der Waals surface area contributed by atoms with Crippen molar-refractivity contribution >= 4 is 11.4 Å². The molecule has 148 valence electrons. The number of hydrogen-bond acceptors (Lipinski definition) is 1. The lowest BCUT2D eigenvalue weighted by Crippen LogP contribution is -2.31. The van der Waals surface area contributed by atoms with Crippen molar-refractivity contribution in [1.29, 1.82) is 0 Å². The zero-order valence-corrected chi connectivity index (χ0v) is 18.1. The Morgan fingerprint density at radius 3 is 1.87 bits per heavy atom. The number of aryl methyl sites for hydroxylation is 1. The predicted octanol–water partition coefficient (Wildman–Crippen LogP) is 7.74. The van der Waals surface area contributed by atoms with E-state index in [4.69, 9.17) is 0 Å². The summed E-state index contributed by atoms with van der Waals surface area (Å²) in [6.07, 6.45) is 0. The summed E-state index contributed by atoms with van der Waals surface area (Å²) in [5.74, 6) is 0. The first kappa shape index (κ1) is 18.7. The molecule has 0 bridgehead atoms. The largest absolute Gasteiger partial charge is 0.344 e. The summed E-state index contributed by atoms with van der Waals surface area (Å²) in [5, 5.41) is 0. The summed E-state index contributed by atoms with van der Waals surface area (Å²) in [5.41, 5.74) is 11.7. The molecule has 0 saturated carbocycles.